The normalized spacial score (nSPS) is 12.1. The van der Waals surface area contributed by atoms with Crippen molar-refractivity contribution >= 4 is 49.1 Å². The molecule has 0 aliphatic rings. The molecule has 2 rings (SSSR count). The number of carbonyl (C=O) groups is 1. The quantitative estimate of drug-likeness (QED) is 0.532. The monoisotopic (exact) mass is 487 g/mol. The van der Waals surface area contributed by atoms with E-state index in [2.05, 4.69) is 10.0 Å². The first-order chi connectivity index (χ1) is 14.2. The Morgan fingerprint density at radius 3 is 1.97 bits per heavy atom. The van der Waals surface area contributed by atoms with Crippen molar-refractivity contribution in [3.63, 3.8) is 0 Å². The summed E-state index contributed by atoms with van der Waals surface area (Å²) in [5, 5.41) is 3.18. The van der Waals surface area contributed by atoms with Crippen LogP contribution in [-0.4, -0.2) is 29.1 Å². The molecule has 2 aromatic rings. The molecule has 0 spiro atoms. The van der Waals surface area contributed by atoms with Crippen molar-refractivity contribution in [2.24, 2.45) is 0 Å². The fourth-order valence-corrected chi connectivity index (χ4v) is 4.71. The minimum absolute atomic E-state index is 0.0295. The third-order valence-electron chi connectivity index (χ3n) is 4.32. The zero-order chi connectivity index (χ0) is 23.6. The van der Waals surface area contributed by atoms with Crippen LogP contribution in [0, 0.1) is 0 Å². The van der Waals surface area contributed by atoms with Gasteiger partial charge in [0.05, 0.1) is 11.2 Å². The van der Waals surface area contributed by atoms with Crippen molar-refractivity contribution in [2.45, 2.75) is 44.4 Å². The van der Waals surface area contributed by atoms with Crippen LogP contribution in [0.15, 0.2) is 41.3 Å². The maximum absolute atomic E-state index is 12.7. The molecule has 0 aliphatic heterocycles. The first-order valence-electron chi connectivity index (χ1n) is 9.44. The molecule has 8 nitrogen and oxygen atoms in total. The Hall–Kier alpha value is -2.30. The van der Waals surface area contributed by atoms with Crippen LogP contribution in [0.3, 0.4) is 0 Å². The van der Waals surface area contributed by atoms with E-state index in [-0.39, 0.29) is 22.4 Å². The highest BCUT2D eigenvalue weighted by atomic mass is 35.5. The SMILES string of the molecule is CC(C)c1cc(Cl)cc(C(C)C)c1NC(=O)NS(=O)(=O)c1cccc(NS(C)(=O)=O)c1. The van der Waals surface area contributed by atoms with Crippen molar-refractivity contribution < 1.29 is 21.6 Å². The summed E-state index contributed by atoms with van der Waals surface area (Å²) in [4.78, 5) is 12.3. The van der Waals surface area contributed by atoms with Crippen LogP contribution in [0.4, 0.5) is 16.2 Å². The third-order valence-corrected chi connectivity index (χ3v) is 6.47. The van der Waals surface area contributed by atoms with Crippen LogP contribution in [0.25, 0.3) is 0 Å². The van der Waals surface area contributed by atoms with Gasteiger partial charge in [0.15, 0.2) is 0 Å². The van der Waals surface area contributed by atoms with Gasteiger partial charge in [0.2, 0.25) is 10.0 Å². The van der Waals surface area contributed by atoms with Crippen LogP contribution in [0.5, 0.6) is 0 Å². The van der Waals surface area contributed by atoms with Crippen molar-refractivity contribution in [3.05, 3.63) is 52.5 Å². The minimum Gasteiger partial charge on any atom is -0.307 e. The van der Waals surface area contributed by atoms with Crippen molar-refractivity contribution in [3.8, 4) is 0 Å². The molecule has 170 valence electrons. The van der Waals surface area contributed by atoms with Gasteiger partial charge in [0, 0.05) is 16.4 Å². The molecule has 2 aromatic carbocycles. The molecule has 2 amide bonds. The van der Waals surface area contributed by atoms with E-state index < -0.39 is 26.1 Å². The maximum atomic E-state index is 12.7. The van der Waals surface area contributed by atoms with E-state index in [0.717, 1.165) is 23.4 Å². The number of anilines is 2. The lowest BCUT2D eigenvalue weighted by atomic mass is 9.92. The predicted molar refractivity (Wildman–Crippen MR) is 124 cm³/mol. The molecule has 0 atom stereocenters. The van der Waals surface area contributed by atoms with Crippen molar-refractivity contribution in [1.29, 1.82) is 0 Å². The topological polar surface area (TPSA) is 121 Å². The summed E-state index contributed by atoms with van der Waals surface area (Å²) in [6, 6.07) is 7.69. The molecular weight excluding hydrogens is 462 g/mol. The van der Waals surface area contributed by atoms with Gasteiger partial charge in [0.25, 0.3) is 10.0 Å². The van der Waals surface area contributed by atoms with Gasteiger partial charge in [-0.05, 0) is 53.3 Å². The predicted octanol–water partition coefficient (Wildman–Crippen LogP) is 4.47. The summed E-state index contributed by atoms with van der Waals surface area (Å²) < 4.78 is 52.3. The molecule has 0 fully saturated rings. The Morgan fingerprint density at radius 2 is 1.48 bits per heavy atom. The fourth-order valence-electron chi connectivity index (χ4n) is 2.97. The van der Waals surface area contributed by atoms with Crippen LogP contribution in [0.2, 0.25) is 5.02 Å². The average Bonchev–Trinajstić information content (AvgIpc) is 2.60. The Morgan fingerprint density at radius 1 is 0.935 bits per heavy atom. The first-order valence-corrected chi connectivity index (χ1v) is 13.2. The molecule has 0 heterocycles. The highest BCUT2D eigenvalue weighted by Crippen LogP contribution is 2.35. The second-order valence-electron chi connectivity index (χ2n) is 7.73. The molecule has 11 heteroatoms. The summed E-state index contributed by atoms with van der Waals surface area (Å²) in [5.41, 5.74) is 2.13. The van der Waals surface area contributed by atoms with Gasteiger partial charge < -0.3 is 5.32 Å². The van der Waals surface area contributed by atoms with E-state index >= 15 is 0 Å². The van der Waals surface area contributed by atoms with E-state index in [4.69, 9.17) is 11.6 Å². The van der Waals surface area contributed by atoms with E-state index in [9.17, 15) is 21.6 Å². The number of amides is 2. The smallest absolute Gasteiger partial charge is 0.307 e. The van der Waals surface area contributed by atoms with Gasteiger partial charge >= 0.3 is 6.03 Å². The number of urea groups is 1. The van der Waals surface area contributed by atoms with E-state index in [0.29, 0.717) is 10.7 Å². The lowest BCUT2D eigenvalue weighted by molar-refractivity contribution is 0.256. The molecule has 3 N–H and O–H groups in total. The van der Waals surface area contributed by atoms with Crippen molar-refractivity contribution in [2.75, 3.05) is 16.3 Å². The van der Waals surface area contributed by atoms with Gasteiger partial charge in [-0.2, -0.15) is 0 Å². The molecule has 0 radical (unpaired) electrons. The highest BCUT2D eigenvalue weighted by Gasteiger charge is 2.22. The number of rotatable bonds is 7. The number of sulfonamides is 2. The molecule has 0 saturated heterocycles. The second kappa shape index (κ2) is 9.46. The highest BCUT2D eigenvalue weighted by molar-refractivity contribution is 7.92. The number of hydrogen-bond donors (Lipinski definition) is 3. The number of carbonyl (C=O) groups excluding carboxylic acids is 1. The Bertz CT molecular complexity index is 1160. The minimum atomic E-state index is -4.25. The van der Waals surface area contributed by atoms with E-state index in [1.54, 1.807) is 12.1 Å². The number of hydrogen-bond acceptors (Lipinski definition) is 5. The Balaban J connectivity index is 2.34. The van der Waals surface area contributed by atoms with Crippen LogP contribution in [-0.2, 0) is 20.0 Å². The van der Waals surface area contributed by atoms with Gasteiger partial charge in [-0.15, -0.1) is 0 Å². The average molecular weight is 488 g/mol. The van der Waals surface area contributed by atoms with Gasteiger partial charge in [-0.25, -0.2) is 26.4 Å². The van der Waals surface area contributed by atoms with Gasteiger partial charge in [0.1, 0.15) is 0 Å². The van der Waals surface area contributed by atoms with Crippen LogP contribution >= 0.6 is 11.6 Å². The largest absolute Gasteiger partial charge is 0.333 e. The molecule has 0 unspecified atom stereocenters. The standard InChI is InChI=1S/C20H26ClN3O5S2/c1-12(2)17-9-14(21)10-18(13(3)4)19(17)22-20(25)24-31(28,29)16-8-6-7-15(11-16)23-30(5,26)27/h6-13,23H,1-5H3,(H2,22,24,25). The first kappa shape index (κ1) is 25.0. The van der Waals surface area contributed by atoms with E-state index in [1.807, 2.05) is 32.4 Å². The van der Waals surface area contributed by atoms with E-state index in [1.165, 1.54) is 18.2 Å². The zero-order valence-corrected chi connectivity index (χ0v) is 20.2. The molecule has 0 bridgehead atoms. The summed E-state index contributed by atoms with van der Waals surface area (Å²) in [6.45, 7) is 7.76. The fraction of sp³-hybridized carbons (Fsp3) is 0.350. The Labute approximate surface area is 188 Å². The molecule has 0 aliphatic carbocycles. The molecular formula is C20H26ClN3O5S2. The van der Waals surface area contributed by atoms with Crippen LogP contribution in [0.1, 0.15) is 50.7 Å². The summed E-state index contributed by atoms with van der Waals surface area (Å²) >= 11 is 6.22. The Kier molecular flexibility index (Phi) is 7.61. The zero-order valence-electron chi connectivity index (χ0n) is 17.9. The van der Waals surface area contributed by atoms with Gasteiger partial charge in [-0.3, -0.25) is 4.72 Å². The lowest BCUT2D eigenvalue weighted by Crippen LogP contribution is -2.35. The molecule has 31 heavy (non-hydrogen) atoms. The number of benzene rings is 2. The number of nitrogens with one attached hydrogen (secondary N) is 3. The summed E-state index contributed by atoms with van der Waals surface area (Å²) in [5.74, 6) is 0.0590. The number of halogens is 1. The molecule has 0 saturated carbocycles. The van der Waals surface area contributed by atoms with Crippen molar-refractivity contribution in [1.82, 2.24) is 4.72 Å². The summed E-state index contributed by atoms with van der Waals surface area (Å²) in [7, 11) is -7.84. The lowest BCUT2D eigenvalue weighted by Gasteiger charge is -2.21. The molecule has 0 aromatic heterocycles. The summed E-state index contributed by atoms with van der Waals surface area (Å²) in [6.07, 6.45) is 0.949. The van der Waals surface area contributed by atoms with Crippen LogP contribution < -0.4 is 14.8 Å². The third kappa shape index (κ3) is 6.84. The van der Waals surface area contributed by atoms with Gasteiger partial charge in [-0.1, -0.05) is 45.4 Å². The maximum Gasteiger partial charge on any atom is 0.333 e. The second-order valence-corrected chi connectivity index (χ2v) is 11.6.